The van der Waals surface area contributed by atoms with Crippen LogP contribution in [0.15, 0.2) is 77.7 Å². The maximum absolute atomic E-state index is 13.7. The van der Waals surface area contributed by atoms with Crippen LogP contribution >= 0.6 is 0 Å². The van der Waals surface area contributed by atoms with Crippen molar-refractivity contribution in [1.29, 1.82) is 0 Å². The normalized spacial score (nSPS) is 11.3. The third-order valence-corrected chi connectivity index (χ3v) is 5.83. The smallest absolute Gasteiger partial charge is 0.262 e. The Balaban J connectivity index is 2.13. The summed E-state index contributed by atoms with van der Waals surface area (Å²) in [7, 11) is -4.08. The van der Waals surface area contributed by atoms with Gasteiger partial charge in [-0.2, -0.15) is 0 Å². The Hall–Kier alpha value is -2.73. The summed E-state index contributed by atoms with van der Waals surface area (Å²) in [5.41, 5.74) is 1.86. The molecule has 3 rings (SSSR count). The minimum atomic E-state index is -4.08. The molecule has 6 heteroatoms. The number of benzene rings is 3. The molecule has 0 N–H and O–H groups in total. The minimum absolute atomic E-state index is 0.00890. The Morgan fingerprint density at radius 1 is 0.846 bits per heavy atom. The topological polar surface area (TPSA) is 37.4 Å². The molecule has 0 bridgehead atoms. The summed E-state index contributed by atoms with van der Waals surface area (Å²) in [6, 6.07) is 17.5. The second-order valence-corrected chi connectivity index (χ2v) is 7.74. The molecule has 0 unspecified atom stereocenters. The summed E-state index contributed by atoms with van der Waals surface area (Å²) in [4.78, 5) is -0.185. The van der Waals surface area contributed by atoms with E-state index >= 15 is 0 Å². The van der Waals surface area contributed by atoms with E-state index in [9.17, 15) is 17.2 Å². The lowest BCUT2D eigenvalue weighted by Crippen LogP contribution is -2.31. The summed E-state index contributed by atoms with van der Waals surface area (Å²) >= 11 is 0. The second kappa shape index (κ2) is 7.25. The van der Waals surface area contributed by atoms with E-state index in [4.69, 9.17) is 0 Å². The van der Waals surface area contributed by atoms with Crippen molar-refractivity contribution in [3.8, 4) is 0 Å². The highest BCUT2D eigenvalue weighted by molar-refractivity contribution is 7.92. The highest BCUT2D eigenvalue weighted by Crippen LogP contribution is 2.27. The Morgan fingerprint density at radius 2 is 1.50 bits per heavy atom. The summed E-state index contributed by atoms with van der Waals surface area (Å²) in [5.74, 6) is -1.20. The SMILES string of the molecule is Cc1ccccc1CN(c1cccc(F)c1)S(=O)(=O)c1cccc(F)c1. The van der Waals surface area contributed by atoms with Gasteiger partial charge in [0.25, 0.3) is 10.0 Å². The number of hydrogen-bond donors (Lipinski definition) is 0. The molecule has 134 valence electrons. The van der Waals surface area contributed by atoms with E-state index in [2.05, 4.69) is 0 Å². The fourth-order valence-electron chi connectivity index (χ4n) is 2.64. The standard InChI is InChI=1S/C20H17F2NO2S/c1-15-6-2-3-7-16(15)14-23(19-10-4-8-17(21)12-19)26(24,25)20-11-5-9-18(22)13-20/h2-13H,14H2,1H3. The van der Waals surface area contributed by atoms with Crippen LogP contribution in [0.2, 0.25) is 0 Å². The molecule has 3 nitrogen and oxygen atoms in total. The van der Waals surface area contributed by atoms with Gasteiger partial charge in [0.15, 0.2) is 0 Å². The molecule has 0 heterocycles. The van der Waals surface area contributed by atoms with E-state index in [0.717, 1.165) is 27.6 Å². The molecule has 0 aliphatic carbocycles. The predicted molar refractivity (Wildman–Crippen MR) is 97.3 cm³/mol. The van der Waals surface area contributed by atoms with Gasteiger partial charge in [-0.15, -0.1) is 0 Å². The molecule has 0 aromatic heterocycles. The molecule has 3 aromatic carbocycles. The molecule has 0 fully saturated rings. The highest BCUT2D eigenvalue weighted by Gasteiger charge is 2.26. The van der Waals surface area contributed by atoms with E-state index in [1.165, 1.54) is 36.4 Å². The first kappa shape index (κ1) is 18.1. The van der Waals surface area contributed by atoms with Gasteiger partial charge >= 0.3 is 0 Å². The first-order valence-electron chi connectivity index (χ1n) is 7.96. The Labute approximate surface area is 151 Å². The molecule has 0 radical (unpaired) electrons. The van der Waals surface area contributed by atoms with Gasteiger partial charge in [0.1, 0.15) is 11.6 Å². The van der Waals surface area contributed by atoms with Gasteiger partial charge in [0.05, 0.1) is 17.1 Å². The second-order valence-electron chi connectivity index (χ2n) is 5.88. The van der Waals surface area contributed by atoms with Crippen molar-refractivity contribution in [2.45, 2.75) is 18.4 Å². The zero-order valence-corrected chi connectivity index (χ0v) is 14.9. The number of anilines is 1. The van der Waals surface area contributed by atoms with Crippen molar-refractivity contribution in [3.63, 3.8) is 0 Å². The summed E-state index contributed by atoms with van der Waals surface area (Å²) in [5, 5.41) is 0. The zero-order chi connectivity index (χ0) is 18.7. The van der Waals surface area contributed by atoms with Crippen LogP contribution in [0.5, 0.6) is 0 Å². The lowest BCUT2D eigenvalue weighted by Gasteiger charge is -2.25. The third kappa shape index (κ3) is 3.75. The largest absolute Gasteiger partial charge is 0.264 e. The van der Waals surface area contributed by atoms with E-state index in [-0.39, 0.29) is 17.1 Å². The highest BCUT2D eigenvalue weighted by atomic mass is 32.2. The van der Waals surface area contributed by atoms with Gasteiger partial charge in [0.2, 0.25) is 0 Å². The molecular weight excluding hydrogens is 356 g/mol. The van der Waals surface area contributed by atoms with Crippen molar-refractivity contribution in [3.05, 3.63) is 95.6 Å². The van der Waals surface area contributed by atoms with Gasteiger partial charge in [-0.1, -0.05) is 36.4 Å². The maximum Gasteiger partial charge on any atom is 0.264 e. The van der Waals surface area contributed by atoms with Crippen LogP contribution in [0, 0.1) is 18.6 Å². The minimum Gasteiger partial charge on any atom is -0.262 e. The molecule has 0 spiro atoms. The molecule has 0 atom stereocenters. The van der Waals surface area contributed by atoms with Crippen molar-refractivity contribution in [2.75, 3.05) is 4.31 Å². The summed E-state index contributed by atoms with van der Waals surface area (Å²) < 4.78 is 54.7. The fraction of sp³-hybridized carbons (Fsp3) is 0.100. The van der Waals surface area contributed by atoms with Crippen molar-refractivity contribution in [1.82, 2.24) is 0 Å². The van der Waals surface area contributed by atoms with Gasteiger partial charge in [-0.25, -0.2) is 17.2 Å². The third-order valence-electron chi connectivity index (χ3n) is 4.06. The number of aryl methyl sites for hydroxylation is 1. The monoisotopic (exact) mass is 373 g/mol. The number of hydrogen-bond acceptors (Lipinski definition) is 2. The Bertz CT molecular complexity index is 1040. The van der Waals surface area contributed by atoms with Crippen LogP contribution in [0.4, 0.5) is 14.5 Å². The first-order valence-corrected chi connectivity index (χ1v) is 9.40. The first-order chi connectivity index (χ1) is 12.4. The van der Waals surface area contributed by atoms with Gasteiger partial charge in [0, 0.05) is 0 Å². The van der Waals surface area contributed by atoms with Crippen LogP contribution in [0.3, 0.4) is 0 Å². The van der Waals surface area contributed by atoms with Gasteiger partial charge in [-0.3, -0.25) is 4.31 Å². The van der Waals surface area contributed by atoms with Crippen molar-refractivity contribution >= 4 is 15.7 Å². The van der Waals surface area contributed by atoms with E-state index < -0.39 is 21.7 Å². The van der Waals surface area contributed by atoms with Crippen molar-refractivity contribution in [2.24, 2.45) is 0 Å². The fourth-order valence-corrected chi connectivity index (χ4v) is 4.11. The van der Waals surface area contributed by atoms with Crippen LogP contribution in [-0.2, 0) is 16.6 Å². The molecule has 26 heavy (non-hydrogen) atoms. The van der Waals surface area contributed by atoms with Crippen LogP contribution in [-0.4, -0.2) is 8.42 Å². The average molecular weight is 373 g/mol. The Morgan fingerprint density at radius 3 is 2.15 bits per heavy atom. The van der Waals surface area contributed by atoms with Crippen LogP contribution < -0.4 is 4.31 Å². The zero-order valence-electron chi connectivity index (χ0n) is 14.1. The average Bonchev–Trinajstić information content (AvgIpc) is 2.61. The maximum atomic E-state index is 13.7. The predicted octanol–water partition coefficient (Wildman–Crippen LogP) is 4.67. The lowest BCUT2D eigenvalue weighted by molar-refractivity contribution is 0.585. The number of nitrogens with zero attached hydrogens (tertiary/aromatic N) is 1. The number of rotatable bonds is 5. The van der Waals surface area contributed by atoms with Crippen LogP contribution in [0.1, 0.15) is 11.1 Å². The molecule has 0 aliphatic heterocycles. The van der Waals surface area contributed by atoms with E-state index in [1.54, 1.807) is 6.07 Å². The van der Waals surface area contributed by atoms with Gasteiger partial charge in [-0.05, 0) is 54.4 Å². The van der Waals surface area contributed by atoms with E-state index in [0.29, 0.717) is 0 Å². The van der Waals surface area contributed by atoms with E-state index in [1.807, 2.05) is 25.1 Å². The Kier molecular flexibility index (Phi) is 5.04. The molecule has 0 saturated heterocycles. The summed E-state index contributed by atoms with van der Waals surface area (Å²) in [6.07, 6.45) is 0. The molecule has 0 aliphatic rings. The van der Waals surface area contributed by atoms with Crippen LogP contribution in [0.25, 0.3) is 0 Å². The quantitative estimate of drug-likeness (QED) is 0.652. The van der Waals surface area contributed by atoms with Gasteiger partial charge < -0.3 is 0 Å². The molecule has 3 aromatic rings. The summed E-state index contributed by atoms with van der Waals surface area (Å²) in [6.45, 7) is 1.88. The number of sulfonamides is 1. The molecular formula is C20H17F2NO2S. The lowest BCUT2D eigenvalue weighted by atomic mass is 10.1. The van der Waals surface area contributed by atoms with Crippen molar-refractivity contribution < 1.29 is 17.2 Å². The molecule has 0 saturated carbocycles. The molecule has 0 amide bonds. The number of halogens is 2.